The van der Waals surface area contributed by atoms with Gasteiger partial charge in [0.1, 0.15) is 18.3 Å². The van der Waals surface area contributed by atoms with Crippen molar-refractivity contribution < 1.29 is 18.8 Å². The van der Waals surface area contributed by atoms with Gasteiger partial charge in [-0.2, -0.15) is 0 Å². The van der Waals surface area contributed by atoms with Crippen LogP contribution in [0.4, 0.5) is 4.79 Å². The number of pyridine rings is 1. The third kappa shape index (κ3) is 4.14. The first kappa shape index (κ1) is 19.1. The van der Waals surface area contributed by atoms with Gasteiger partial charge >= 0.3 is 6.03 Å². The number of urea groups is 1. The van der Waals surface area contributed by atoms with Crippen LogP contribution in [-0.4, -0.2) is 57.8 Å². The number of imide groups is 1. The Labute approximate surface area is 168 Å². The fraction of sp³-hybridized carbons (Fsp3) is 0.400. The van der Waals surface area contributed by atoms with Crippen LogP contribution in [0.15, 0.2) is 47.2 Å². The molecule has 0 radical (unpaired) electrons. The predicted molar refractivity (Wildman–Crippen MR) is 102 cm³/mol. The third-order valence-electron chi connectivity index (χ3n) is 5.23. The smallest absolute Gasteiger partial charge is 0.327 e. The molecular weight excluding hydrogens is 374 g/mol. The maximum atomic E-state index is 13.1. The van der Waals surface area contributed by atoms with Gasteiger partial charge in [-0.25, -0.2) is 4.79 Å². The van der Waals surface area contributed by atoms with Crippen molar-refractivity contribution in [1.82, 2.24) is 25.4 Å². The molecule has 9 nitrogen and oxygen atoms in total. The number of furan rings is 1. The summed E-state index contributed by atoms with van der Waals surface area (Å²) in [7, 11) is 0. The molecule has 0 saturated carbocycles. The second kappa shape index (κ2) is 8.44. The second-order valence-electron chi connectivity index (χ2n) is 7.15. The fourth-order valence-corrected chi connectivity index (χ4v) is 3.81. The number of rotatable bonds is 6. The van der Waals surface area contributed by atoms with Gasteiger partial charge in [0.25, 0.3) is 0 Å². The monoisotopic (exact) mass is 397 g/mol. The van der Waals surface area contributed by atoms with Gasteiger partial charge in [-0.15, -0.1) is 0 Å². The molecule has 9 heteroatoms. The number of carbonyl (C=O) groups is 3. The number of carbonyl (C=O) groups excluding carboxylic acids is 3. The van der Waals surface area contributed by atoms with Crippen molar-refractivity contribution >= 4 is 17.8 Å². The predicted octanol–water partition coefficient (Wildman–Crippen LogP) is 0.876. The molecule has 2 aromatic heterocycles. The molecule has 29 heavy (non-hydrogen) atoms. The van der Waals surface area contributed by atoms with E-state index in [1.807, 2.05) is 6.07 Å². The summed E-state index contributed by atoms with van der Waals surface area (Å²) in [4.78, 5) is 45.5. The molecule has 0 spiro atoms. The van der Waals surface area contributed by atoms with Crippen LogP contribution in [0.5, 0.6) is 0 Å². The quantitative estimate of drug-likeness (QED) is 0.749. The van der Waals surface area contributed by atoms with Crippen LogP contribution in [-0.2, 0) is 22.7 Å². The molecule has 2 atom stereocenters. The summed E-state index contributed by atoms with van der Waals surface area (Å²) in [6.45, 7) is 0.913. The second-order valence-corrected chi connectivity index (χ2v) is 7.15. The average molecular weight is 397 g/mol. The van der Waals surface area contributed by atoms with Crippen LogP contribution in [0, 0.1) is 0 Å². The zero-order valence-corrected chi connectivity index (χ0v) is 15.9. The SMILES string of the molecule is O=C(CN1C(=O)N(Cc2ccccn2)C(=O)C2NCCCC21)NCc1ccco1. The standard InChI is InChI=1S/C20H23N5O4/c26-17(23-11-15-6-4-10-29-15)13-24-16-7-3-9-22-18(16)19(27)25(20(24)28)12-14-5-1-2-8-21-14/h1-2,4-6,8,10,16,18,22H,3,7,9,11-13H2,(H,23,26). The van der Waals surface area contributed by atoms with E-state index >= 15 is 0 Å². The van der Waals surface area contributed by atoms with Gasteiger partial charge in [0.05, 0.1) is 31.1 Å². The van der Waals surface area contributed by atoms with Crippen molar-refractivity contribution in [3.63, 3.8) is 0 Å². The van der Waals surface area contributed by atoms with Gasteiger partial charge in [-0.3, -0.25) is 19.5 Å². The first-order chi connectivity index (χ1) is 14.1. The normalized spacial score (nSPS) is 21.8. The number of fused-ring (bicyclic) bond motifs is 1. The van der Waals surface area contributed by atoms with E-state index in [2.05, 4.69) is 15.6 Å². The lowest BCUT2D eigenvalue weighted by atomic mass is 9.93. The number of aromatic nitrogens is 1. The maximum absolute atomic E-state index is 13.1. The van der Waals surface area contributed by atoms with Gasteiger partial charge in [0.15, 0.2) is 0 Å². The van der Waals surface area contributed by atoms with Gasteiger partial charge in [0.2, 0.25) is 11.8 Å². The Balaban J connectivity index is 1.49. The van der Waals surface area contributed by atoms with Gasteiger partial charge in [-0.1, -0.05) is 6.07 Å². The van der Waals surface area contributed by atoms with Gasteiger partial charge < -0.3 is 20.0 Å². The number of nitrogens with zero attached hydrogens (tertiary/aromatic N) is 3. The number of hydrogen-bond donors (Lipinski definition) is 2. The zero-order valence-electron chi connectivity index (χ0n) is 15.9. The van der Waals surface area contributed by atoms with Crippen molar-refractivity contribution in [2.75, 3.05) is 13.1 Å². The van der Waals surface area contributed by atoms with Crippen molar-refractivity contribution in [2.45, 2.75) is 38.0 Å². The summed E-state index contributed by atoms with van der Waals surface area (Å²) < 4.78 is 5.21. The minimum absolute atomic E-state index is 0.0773. The Morgan fingerprint density at radius 2 is 2.17 bits per heavy atom. The summed E-state index contributed by atoms with van der Waals surface area (Å²) >= 11 is 0. The lowest BCUT2D eigenvalue weighted by molar-refractivity contribution is -0.139. The Morgan fingerprint density at radius 1 is 1.28 bits per heavy atom. The van der Waals surface area contributed by atoms with Crippen molar-refractivity contribution in [3.05, 3.63) is 54.2 Å². The van der Waals surface area contributed by atoms with E-state index in [9.17, 15) is 14.4 Å². The topological polar surface area (TPSA) is 108 Å². The van der Waals surface area contributed by atoms with E-state index in [0.29, 0.717) is 24.4 Å². The van der Waals surface area contributed by atoms with Crippen LogP contribution in [0.3, 0.4) is 0 Å². The summed E-state index contributed by atoms with van der Waals surface area (Å²) in [6.07, 6.45) is 4.68. The molecule has 4 amide bonds. The van der Waals surface area contributed by atoms with E-state index in [-0.39, 0.29) is 37.5 Å². The summed E-state index contributed by atoms with van der Waals surface area (Å²) in [5.74, 6) is 0.0660. The van der Waals surface area contributed by atoms with Crippen molar-refractivity contribution in [2.24, 2.45) is 0 Å². The van der Waals surface area contributed by atoms with Gasteiger partial charge in [-0.05, 0) is 43.7 Å². The molecule has 0 aromatic carbocycles. The molecule has 152 valence electrons. The summed E-state index contributed by atoms with van der Waals surface area (Å²) in [6, 6.07) is 7.55. The highest BCUT2D eigenvalue weighted by molar-refractivity contribution is 6.01. The average Bonchev–Trinajstić information content (AvgIpc) is 3.27. The molecule has 2 unspecified atom stereocenters. The fourth-order valence-electron chi connectivity index (χ4n) is 3.81. The van der Waals surface area contributed by atoms with E-state index in [0.717, 1.165) is 6.42 Å². The lowest BCUT2D eigenvalue weighted by Gasteiger charge is -2.46. The number of nitrogens with one attached hydrogen (secondary N) is 2. The molecular formula is C20H23N5O4. The minimum Gasteiger partial charge on any atom is -0.467 e. The van der Waals surface area contributed by atoms with E-state index < -0.39 is 12.1 Å². The van der Waals surface area contributed by atoms with Crippen LogP contribution in [0.1, 0.15) is 24.3 Å². The molecule has 2 aliphatic rings. The molecule has 2 aliphatic heterocycles. The molecule has 2 N–H and O–H groups in total. The highest BCUT2D eigenvalue weighted by Crippen LogP contribution is 2.25. The Hall–Kier alpha value is -3.20. The summed E-state index contributed by atoms with van der Waals surface area (Å²) in [5, 5.41) is 5.97. The Bertz CT molecular complexity index is 870. The van der Waals surface area contributed by atoms with Crippen LogP contribution in [0.25, 0.3) is 0 Å². The molecule has 2 aromatic rings. The molecule has 2 saturated heterocycles. The van der Waals surface area contributed by atoms with Crippen LogP contribution in [0.2, 0.25) is 0 Å². The Morgan fingerprint density at radius 3 is 2.93 bits per heavy atom. The largest absolute Gasteiger partial charge is 0.467 e. The summed E-state index contributed by atoms with van der Waals surface area (Å²) in [5.41, 5.74) is 0.616. The molecule has 4 rings (SSSR count). The third-order valence-corrected chi connectivity index (χ3v) is 5.23. The highest BCUT2D eigenvalue weighted by atomic mass is 16.3. The van der Waals surface area contributed by atoms with Crippen LogP contribution < -0.4 is 10.6 Å². The minimum atomic E-state index is -0.511. The molecule has 4 heterocycles. The van der Waals surface area contributed by atoms with Gasteiger partial charge in [0, 0.05) is 6.20 Å². The first-order valence-corrected chi connectivity index (χ1v) is 9.68. The first-order valence-electron chi connectivity index (χ1n) is 9.68. The zero-order chi connectivity index (χ0) is 20.2. The lowest BCUT2D eigenvalue weighted by Crippen LogP contribution is -2.70. The van der Waals surface area contributed by atoms with Crippen molar-refractivity contribution in [3.8, 4) is 0 Å². The molecule has 2 fully saturated rings. The molecule has 0 aliphatic carbocycles. The number of piperidine rings is 1. The number of amides is 4. The highest BCUT2D eigenvalue weighted by Gasteiger charge is 2.47. The van der Waals surface area contributed by atoms with Crippen molar-refractivity contribution in [1.29, 1.82) is 0 Å². The molecule has 0 bridgehead atoms. The maximum Gasteiger partial charge on any atom is 0.327 e. The van der Waals surface area contributed by atoms with E-state index in [1.165, 1.54) is 16.1 Å². The Kier molecular flexibility index (Phi) is 5.57. The van der Waals surface area contributed by atoms with E-state index in [1.54, 1.807) is 30.5 Å². The van der Waals surface area contributed by atoms with E-state index in [4.69, 9.17) is 4.42 Å². The van der Waals surface area contributed by atoms with Crippen LogP contribution >= 0.6 is 0 Å². The number of hydrogen-bond acceptors (Lipinski definition) is 6.